The Morgan fingerprint density at radius 3 is 2.77 bits per heavy atom. The van der Waals surface area contributed by atoms with E-state index in [0.717, 1.165) is 0 Å². The number of nitrogens with one attached hydrogen (secondary N) is 1. The van der Waals surface area contributed by atoms with E-state index in [1.165, 1.54) is 0 Å². The Morgan fingerprint density at radius 2 is 2.38 bits per heavy atom. The predicted octanol–water partition coefficient (Wildman–Crippen LogP) is -1.22. The molecule has 1 aliphatic heterocycles. The number of carbonyl (C=O) groups is 2. The summed E-state index contributed by atoms with van der Waals surface area (Å²) >= 11 is 0. The maximum Gasteiger partial charge on any atom is 0.356 e. The van der Waals surface area contributed by atoms with Gasteiger partial charge in [0.15, 0.2) is 5.71 Å². The van der Waals surface area contributed by atoms with Crippen LogP contribution in [0.5, 0.6) is 0 Å². The fraction of sp³-hybridized carbons (Fsp3) is 0.500. The minimum atomic E-state index is -0.996. The molecule has 1 unspecified atom stereocenters. The minimum Gasteiger partial charge on any atom is -0.461 e. The van der Waals surface area contributed by atoms with Gasteiger partial charge in [-0.25, -0.2) is 10.2 Å². The summed E-state index contributed by atoms with van der Waals surface area (Å²) in [5, 5.41) is 3.43. The first kappa shape index (κ1) is 11.9. The average molecular weight is 208 g/mol. The number of nitrogens with zero attached hydrogens (tertiary/aromatic N) is 1. The highest BCUT2D eigenvalue weighted by atomic mass is 35.5. The summed E-state index contributed by atoms with van der Waals surface area (Å²) in [6.45, 7) is 1.90. The molecule has 7 heteroatoms. The molecule has 0 radical (unpaired) electrons. The molecule has 0 fully saturated rings. The number of halogens is 1. The number of ether oxygens (including phenoxy) is 1. The normalized spacial score (nSPS) is 20.0. The molecular weight excluding hydrogens is 198 g/mol. The van der Waals surface area contributed by atoms with Crippen molar-refractivity contribution in [1.82, 2.24) is 5.43 Å². The standard InChI is InChI=1S/C6H9N3O3.ClH/c1-2-12-6(11)4-3(7)5(10)9-8-4;/h3H,2,7H2,1H3,(H,9,10);1H. The monoisotopic (exact) mass is 207 g/mol. The topological polar surface area (TPSA) is 93.8 Å². The summed E-state index contributed by atoms with van der Waals surface area (Å²) in [6, 6.07) is -0.996. The molecule has 6 nitrogen and oxygen atoms in total. The van der Waals surface area contributed by atoms with Crippen LogP contribution in [0.1, 0.15) is 6.92 Å². The number of amides is 1. The van der Waals surface area contributed by atoms with E-state index >= 15 is 0 Å². The van der Waals surface area contributed by atoms with E-state index in [-0.39, 0.29) is 24.7 Å². The number of rotatable bonds is 2. The lowest BCUT2D eigenvalue weighted by Crippen LogP contribution is -2.41. The van der Waals surface area contributed by atoms with Gasteiger partial charge >= 0.3 is 5.97 Å². The van der Waals surface area contributed by atoms with E-state index in [1.54, 1.807) is 6.92 Å². The van der Waals surface area contributed by atoms with Gasteiger partial charge < -0.3 is 10.5 Å². The molecular formula is C6H10ClN3O3. The Kier molecular flexibility index (Phi) is 4.36. The number of esters is 1. The third-order valence-corrected chi connectivity index (χ3v) is 1.35. The van der Waals surface area contributed by atoms with Gasteiger partial charge in [0, 0.05) is 0 Å². The second kappa shape index (κ2) is 4.78. The lowest BCUT2D eigenvalue weighted by atomic mass is 10.2. The molecule has 1 aliphatic rings. The number of nitrogens with two attached hydrogens (primary N) is 1. The van der Waals surface area contributed by atoms with Crippen molar-refractivity contribution in [2.45, 2.75) is 13.0 Å². The summed E-state index contributed by atoms with van der Waals surface area (Å²) in [5.41, 5.74) is 7.32. The average Bonchev–Trinajstić information content (AvgIpc) is 2.34. The van der Waals surface area contributed by atoms with Gasteiger partial charge in [0.25, 0.3) is 5.91 Å². The maximum atomic E-state index is 11.0. The molecule has 1 heterocycles. The molecule has 0 spiro atoms. The van der Waals surface area contributed by atoms with Crippen LogP contribution in [0.2, 0.25) is 0 Å². The molecule has 0 saturated heterocycles. The third kappa shape index (κ3) is 2.40. The van der Waals surface area contributed by atoms with E-state index < -0.39 is 17.9 Å². The van der Waals surface area contributed by atoms with Crippen LogP contribution in [0.3, 0.4) is 0 Å². The van der Waals surface area contributed by atoms with Gasteiger partial charge in [-0.05, 0) is 6.92 Å². The van der Waals surface area contributed by atoms with Gasteiger partial charge in [-0.1, -0.05) is 0 Å². The molecule has 1 atom stereocenters. The SMILES string of the molecule is CCOC(=O)C1=NNC(=O)C1N.Cl. The summed E-state index contributed by atoms with van der Waals surface area (Å²) in [6.07, 6.45) is 0. The van der Waals surface area contributed by atoms with Crippen molar-refractivity contribution >= 4 is 30.0 Å². The minimum absolute atomic E-state index is 0. The van der Waals surface area contributed by atoms with Crippen LogP contribution in [0, 0.1) is 0 Å². The van der Waals surface area contributed by atoms with Crippen molar-refractivity contribution in [3.63, 3.8) is 0 Å². The maximum absolute atomic E-state index is 11.0. The molecule has 0 aromatic carbocycles. The van der Waals surface area contributed by atoms with Crippen LogP contribution >= 0.6 is 12.4 Å². The van der Waals surface area contributed by atoms with Crippen LogP contribution in [0.4, 0.5) is 0 Å². The van der Waals surface area contributed by atoms with Crippen molar-refractivity contribution in [3.05, 3.63) is 0 Å². The molecule has 0 aromatic heterocycles. The summed E-state index contributed by atoms with van der Waals surface area (Å²) in [7, 11) is 0. The first-order valence-corrected chi connectivity index (χ1v) is 3.47. The summed E-state index contributed by atoms with van der Waals surface area (Å²) in [4.78, 5) is 21.7. The molecule has 1 rings (SSSR count). The van der Waals surface area contributed by atoms with Gasteiger partial charge in [-0.2, -0.15) is 5.10 Å². The molecule has 0 aliphatic carbocycles. The molecule has 0 aromatic rings. The predicted molar refractivity (Wildman–Crippen MR) is 47.4 cm³/mol. The van der Waals surface area contributed by atoms with E-state index in [9.17, 15) is 9.59 Å². The highest BCUT2D eigenvalue weighted by Gasteiger charge is 2.32. The number of hydrazone groups is 1. The Balaban J connectivity index is 0.00000144. The van der Waals surface area contributed by atoms with Crippen LogP contribution in [0.15, 0.2) is 5.10 Å². The largest absolute Gasteiger partial charge is 0.461 e. The Morgan fingerprint density at radius 1 is 1.77 bits per heavy atom. The van der Waals surface area contributed by atoms with Gasteiger partial charge in [-0.15, -0.1) is 12.4 Å². The van der Waals surface area contributed by atoms with E-state index in [1.807, 2.05) is 0 Å². The number of carbonyl (C=O) groups excluding carboxylic acids is 2. The molecule has 13 heavy (non-hydrogen) atoms. The number of hydrogen-bond donors (Lipinski definition) is 2. The van der Waals surface area contributed by atoms with Crippen molar-refractivity contribution in [1.29, 1.82) is 0 Å². The summed E-state index contributed by atoms with van der Waals surface area (Å²) in [5.74, 6) is -1.14. The van der Waals surface area contributed by atoms with Crippen LogP contribution in [-0.4, -0.2) is 30.2 Å². The molecule has 3 N–H and O–H groups in total. The second-order valence-corrected chi connectivity index (χ2v) is 2.17. The van der Waals surface area contributed by atoms with E-state index in [2.05, 4.69) is 15.3 Å². The van der Waals surface area contributed by atoms with Gasteiger partial charge in [-0.3, -0.25) is 4.79 Å². The first-order valence-electron chi connectivity index (χ1n) is 3.47. The number of hydrogen-bond acceptors (Lipinski definition) is 5. The quantitative estimate of drug-likeness (QED) is 0.556. The highest BCUT2D eigenvalue weighted by Crippen LogP contribution is 1.96. The van der Waals surface area contributed by atoms with E-state index in [4.69, 9.17) is 5.73 Å². The Bertz CT molecular complexity index is 254. The van der Waals surface area contributed by atoms with Crippen LogP contribution in [0.25, 0.3) is 0 Å². The zero-order valence-corrected chi connectivity index (χ0v) is 7.76. The summed E-state index contributed by atoms with van der Waals surface area (Å²) < 4.78 is 4.60. The molecule has 74 valence electrons. The van der Waals surface area contributed by atoms with Crippen LogP contribution < -0.4 is 11.2 Å². The zero-order chi connectivity index (χ0) is 9.14. The van der Waals surface area contributed by atoms with Crippen LogP contribution in [-0.2, 0) is 14.3 Å². The second-order valence-electron chi connectivity index (χ2n) is 2.17. The third-order valence-electron chi connectivity index (χ3n) is 1.35. The van der Waals surface area contributed by atoms with Gasteiger partial charge in [0.1, 0.15) is 6.04 Å². The molecule has 1 amide bonds. The Hall–Kier alpha value is -1.14. The molecule has 0 bridgehead atoms. The van der Waals surface area contributed by atoms with E-state index in [0.29, 0.717) is 0 Å². The zero-order valence-electron chi connectivity index (χ0n) is 6.94. The van der Waals surface area contributed by atoms with Crippen molar-refractivity contribution in [2.75, 3.05) is 6.61 Å². The Labute approximate surface area is 80.9 Å². The fourth-order valence-corrected chi connectivity index (χ4v) is 0.756. The fourth-order valence-electron chi connectivity index (χ4n) is 0.756. The highest BCUT2D eigenvalue weighted by molar-refractivity contribution is 6.44. The van der Waals surface area contributed by atoms with Crippen molar-refractivity contribution in [2.24, 2.45) is 10.8 Å². The first-order chi connectivity index (χ1) is 5.66. The van der Waals surface area contributed by atoms with Gasteiger partial charge in [0.2, 0.25) is 0 Å². The van der Waals surface area contributed by atoms with Crippen molar-refractivity contribution < 1.29 is 14.3 Å². The lowest BCUT2D eigenvalue weighted by molar-refractivity contribution is -0.135. The lowest BCUT2D eigenvalue weighted by Gasteiger charge is -2.02. The smallest absolute Gasteiger partial charge is 0.356 e. The van der Waals surface area contributed by atoms with Crippen molar-refractivity contribution in [3.8, 4) is 0 Å². The van der Waals surface area contributed by atoms with Gasteiger partial charge in [0.05, 0.1) is 6.61 Å². The molecule has 0 saturated carbocycles.